The van der Waals surface area contributed by atoms with Crippen LogP contribution in [-0.2, 0) is 5.41 Å². The van der Waals surface area contributed by atoms with Crippen LogP contribution in [-0.4, -0.2) is 9.97 Å². The van der Waals surface area contributed by atoms with Crippen molar-refractivity contribution in [2.45, 2.75) is 37.5 Å². The number of hydrogen-bond acceptors (Lipinski definition) is 3. The van der Waals surface area contributed by atoms with Crippen molar-refractivity contribution >= 4 is 17.5 Å². The minimum absolute atomic E-state index is 0.179. The third-order valence-corrected chi connectivity index (χ3v) is 4.61. The second kappa shape index (κ2) is 5.53. The molecule has 0 saturated heterocycles. The van der Waals surface area contributed by atoms with Crippen LogP contribution in [0.25, 0.3) is 0 Å². The number of rotatable bonds is 2. The number of nitrogen functional groups attached to an aromatic ring is 1. The first-order chi connectivity index (χ1) is 10.1. The molecule has 0 amide bonds. The highest BCUT2D eigenvalue weighted by atomic mass is 35.5. The van der Waals surface area contributed by atoms with E-state index in [1.165, 1.54) is 5.57 Å². The topological polar surface area (TPSA) is 71.8 Å². The van der Waals surface area contributed by atoms with E-state index >= 15 is 0 Å². The smallest absolute Gasteiger partial charge is 0.252 e. The van der Waals surface area contributed by atoms with Gasteiger partial charge in [0.1, 0.15) is 0 Å². The van der Waals surface area contributed by atoms with Gasteiger partial charge in [0.05, 0.1) is 5.69 Å². The molecule has 3 N–H and O–H groups in total. The predicted octanol–water partition coefficient (Wildman–Crippen LogP) is 3.17. The monoisotopic (exact) mass is 303 g/mol. The highest BCUT2D eigenvalue weighted by molar-refractivity contribution is 6.31. The zero-order valence-electron chi connectivity index (χ0n) is 11.7. The molecule has 3 rings (SSSR count). The van der Waals surface area contributed by atoms with Crippen molar-refractivity contribution < 1.29 is 0 Å². The maximum absolute atomic E-state index is 11.8. The van der Waals surface area contributed by atoms with Crippen LogP contribution in [0.15, 0.2) is 45.8 Å². The van der Waals surface area contributed by atoms with Gasteiger partial charge in [0, 0.05) is 16.5 Å². The van der Waals surface area contributed by atoms with Crippen LogP contribution < -0.4 is 11.3 Å². The summed E-state index contributed by atoms with van der Waals surface area (Å²) < 4.78 is 0. The largest absolute Gasteiger partial charge is 0.369 e. The quantitative estimate of drug-likeness (QED) is 0.881. The summed E-state index contributed by atoms with van der Waals surface area (Å²) in [5.41, 5.74) is 7.28. The van der Waals surface area contributed by atoms with Crippen molar-refractivity contribution in [1.82, 2.24) is 9.97 Å². The van der Waals surface area contributed by atoms with Crippen molar-refractivity contribution in [2.75, 3.05) is 5.73 Å². The van der Waals surface area contributed by atoms with Gasteiger partial charge in [-0.2, -0.15) is 0 Å². The Morgan fingerprint density at radius 3 is 2.71 bits per heavy atom. The molecule has 21 heavy (non-hydrogen) atoms. The minimum atomic E-state index is -0.214. The Kier molecular flexibility index (Phi) is 3.72. The molecule has 0 bridgehead atoms. The number of nitrogens with one attached hydrogen (secondary N) is 1. The van der Waals surface area contributed by atoms with E-state index in [0.717, 1.165) is 42.8 Å². The van der Waals surface area contributed by atoms with Crippen LogP contribution in [0.3, 0.4) is 0 Å². The van der Waals surface area contributed by atoms with Crippen LogP contribution in [0.5, 0.6) is 0 Å². The number of nitrogens with two attached hydrogens (primary N) is 1. The van der Waals surface area contributed by atoms with Gasteiger partial charge in [-0.25, -0.2) is 4.98 Å². The molecule has 0 atom stereocenters. The molecule has 2 aliphatic rings. The van der Waals surface area contributed by atoms with E-state index in [2.05, 4.69) is 22.1 Å². The average molecular weight is 304 g/mol. The van der Waals surface area contributed by atoms with Gasteiger partial charge >= 0.3 is 0 Å². The molecule has 110 valence electrons. The Balaban J connectivity index is 2.10. The summed E-state index contributed by atoms with van der Waals surface area (Å²) >= 11 is 6.09. The number of H-pyrrole nitrogens is 1. The molecule has 1 aromatic rings. The summed E-state index contributed by atoms with van der Waals surface area (Å²) in [6, 6.07) is 1.58. The van der Waals surface area contributed by atoms with Gasteiger partial charge in [-0.3, -0.25) is 9.78 Å². The number of halogens is 1. The second-order valence-electron chi connectivity index (χ2n) is 5.62. The van der Waals surface area contributed by atoms with Crippen molar-refractivity contribution in [1.29, 1.82) is 0 Å². The third kappa shape index (κ3) is 2.68. The normalized spacial score (nSPS) is 20.8. The molecular formula is C16H18ClN3O. The predicted molar refractivity (Wildman–Crippen MR) is 85.2 cm³/mol. The van der Waals surface area contributed by atoms with Crippen LogP contribution in [0.4, 0.5) is 5.95 Å². The lowest BCUT2D eigenvalue weighted by molar-refractivity contribution is 0.514. The highest BCUT2D eigenvalue weighted by Crippen LogP contribution is 2.46. The Morgan fingerprint density at radius 1 is 1.24 bits per heavy atom. The summed E-state index contributed by atoms with van der Waals surface area (Å²) in [6.45, 7) is 0. The minimum Gasteiger partial charge on any atom is -0.369 e. The molecule has 1 saturated carbocycles. The molecule has 4 nitrogen and oxygen atoms in total. The Labute approximate surface area is 128 Å². The van der Waals surface area contributed by atoms with E-state index in [4.69, 9.17) is 17.3 Å². The lowest BCUT2D eigenvalue weighted by Gasteiger charge is -2.30. The summed E-state index contributed by atoms with van der Waals surface area (Å²) in [5, 5.41) is 0.743. The lowest BCUT2D eigenvalue weighted by atomic mass is 9.75. The SMILES string of the molecule is Nc1nc(C2(C3=CCC=C(Cl)C=C3)CCCC2)cc(=O)[nH]1. The molecule has 0 aliphatic heterocycles. The van der Waals surface area contributed by atoms with Crippen LogP contribution in [0.1, 0.15) is 37.8 Å². The summed E-state index contributed by atoms with van der Waals surface area (Å²) in [7, 11) is 0. The lowest BCUT2D eigenvalue weighted by Crippen LogP contribution is -2.28. The summed E-state index contributed by atoms with van der Waals surface area (Å²) in [6.07, 6.45) is 13.1. The van der Waals surface area contributed by atoms with Crippen molar-refractivity contribution in [3.8, 4) is 0 Å². The van der Waals surface area contributed by atoms with Gasteiger partial charge in [-0.05, 0) is 30.9 Å². The van der Waals surface area contributed by atoms with E-state index in [-0.39, 0.29) is 16.9 Å². The first-order valence-electron chi connectivity index (χ1n) is 7.22. The standard InChI is InChI=1S/C16H18ClN3O/c17-12-5-3-4-11(6-7-12)16(8-1-2-9-16)13-10-14(21)20-15(18)19-13/h4-7,10H,1-3,8-9H2,(H3,18,19,20,21). The number of nitrogens with zero attached hydrogens (tertiary/aromatic N) is 1. The fourth-order valence-corrected chi connectivity index (χ4v) is 3.50. The fourth-order valence-electron chi connectivity index (χ4n) is 3.35. The molecule has 0 aromatic carbocycles. The van der Waals surface area contributed by atoms with E-state index < -0.39 is 0 Å². The fraction of sp³-hybridized carbons (Fsp3) is 0.375. The zero-order valence-corrected chi connectivity index (χ0v) is 12.5. The molecule has 1 fully saturated rings. The third-order valence-electron chi connectivity index (χ3n) is 4.33. The van der Waals surface area contributed by atoms with E-state index in [0.29, 0.717) is 0 Å². The van der Waals surface area contributed by atoms with Gasteiger partial charge in [0.15, 0.2) is 0 Å². The molecule has 0 spiro atoms. The molecule has 0 unspecified atom stereocenters. The number of hydrogen-bond donors (Lipinski definition) is 2. The van der Waals surface area contributed by atoms with Gasteiger partial charge < -0.3 is 5.73 Å². The van der Waals surface area contributed by atoms with Crippen molar-refractivity contribution in [2.24, 2.45) is 0 Å². The van der Waals surface area contributed by atoms with Gasteiger partial charge in [0.2, 0.25) is 5.95 Å². The summed E-state index contributed by atoms with van der Waals surface area (Å²) in [4.78, 5) is 18.7. The molecule has 2 aliphatic carbocycles. The second-order valence-corrected chi connectivity index (χ2v) is 6.06. The summed E-state index contributed by atoms with van der Waals surface area (Å²) in [5.74, 6) is 0.179. The zero-order chi connectivity index (χ0) is 14.9. The Morgan fingerprint density at radius 2 is 2.00 bits per heavy atom. The number of anilines is 1. The van der Waals surface area contributed by atoms with Crippen molar-refractivity contribution in [3.63, 3.8) is 0 Å². The van der Waals surface area contributed by atoms with Crippen LogP contribution in [0, 0.1) is 0 Å². The Bertz CT molecular complexity index is 694. The number of aromatic nitrogens is 2. The van der Waals surface area contributed by atoms with Crippen LogP contribution >= 0.6 is 11.6 Å². The molecule has 1 heterocycles. The molecule has 0 radical (unpaired) electrons. The van der Waals surface area contributed by atoms with Gasteiger partial charge in [-0.1, -0.05) is 42.7 Å². The first kappa shape index (κ1) is 14.1. The van der Waals surface area contributed by atoms with E-state index in [1.807, 2.05) is 12.2 Å². The number of aromatic amines is 1. The molecule has 1 aromatic heterocycles. The Hall–Kier alpha value is -1.81. The maximum Gasteiger partial charge on any atom is 0.252 e. The number of allylic oxidation sites excluding steroid dienone is 6. The van der Waals surface area contributed by atoms with Gasteiger partial charge in [-0.15, -0.1) is 0 Å². The van der Waals surface area contributed by atoms with E-state index in [9.17, 15) is 4.79 Å². The molecular weight excluding hydrogens is 286 g/mol. The first-order valence-corrected chi connectivity index (χ1v) is 7.60. The van der Waals surface area contributed by atoms with Crippen molar-refractivity contribution in [3.05, 3.63) is 57.0 Å². The molecule has 5 heteroatoms. The average Bonchev–Trinajstić information content (AvgIpc) is 2.83. The van der Waals surface area contributed by atoms with E-state index in [1.54, 1.807) is 6.07 Å². The van der Waals surface area contributed by atoms with Crippen LogP contribution in [0.2, 0.25) is 0 Å². The highest BCUT2D eigenvalue weighted by Gasteiger charge is 2.40. The maximum atomic E-state index is 11.8. The van der Waals surface area contributed by atoms with Gasteiger partial charge in [0.25, 0.3) is 5.56 Å².